The zero-order valence-corrected chi connectivity index (χ0v) is 16.7. The molecule has 27 heavy (non-hydrogen) atoms. The Morgan fingerprint density at radius 2 is 1.74 bits per heavy atom. The molecule has 3 rings (SSSR count). The van der Waals surface area contributed by atoms with E-state index in [9.17, 15) is 9.59 Å². The van der Waals surface area contributed by atoms with Crippen molar-refractivity contribution < 1.29 is 9.59 Å². The third-order valence-corrected chi connectivity index (χ3v) is 5.28. The molecule has 0 aromatic heterocycles. The van der Waals surface area contributed by atoms with E-state index in [-0.39, 0.29) is 17.7 Å². The monoisotopic (exact) mass is 364 g/mol. The number of hydrogen-bond donors (Lipinski definition) is 0. The van der Waals surface area contributed by atoms with Gasteiger partial charge in [0.15, 0.2) is 0 Å². The molecule has 0 bridgehead atoms. The molecule has 1 unspecified atom stereocenters. The summed E-state index contributed by atoms with van der Waals surface area (Å²) in [7, 11) is 0. The minimum atomic E-state index is -0.274. The lowest BCUT2D eigenvalue weighted by Crippen LogP contribution is -2.37. The predicted octanol–water partition coefficient (Wildman–Crippen LogP) is 4.01. The van der Waals surface area contributed by atoms with E-state index >= 15 is 0 Å². The fourth-order valence-electron chi connectivity index (χ4n) is 3.78. The largest absolute Gasteiger partial charge is 0.338 e. The van der Waals surface area contributed by atoms with Crippen LogP contribution in [0.4, 0.5) is 5.69 Å². The first-order chi connectivity index (χ1) is 12.9. The van der Waals surface area contributed by atoms with Crippen LogP contribution in [0.2, 0.25) is 0 Å². The van der Waals surface area contributed by atoms with E-state index in [1.165, 1.54) is 11.1 Å². The van der Waals surface area contributed by atoms with Crippen LogP contribution < -0.4 is 4.90 Å². The van der Waals surface area contributed by atoms with Gasteiger partial charge in [-0.3, -0.25) is 9.59 Å². The molecule has 0 saturated carbocycles. The van der Waals surface area contributed by atoms with E-state index in [1.807, 2.05) is 61.8 Å². The maximum atomic E-state index is 13.1. The number of anilines is 1. The molecule has 1 fully saturated rings. The molecule has 2 aromatic rings. The molecule has 1 saturated heterocycles. The number of amides is 2. The minimum Gasteiger partial charge on any atom is -0.338 e. The second-order valence-electron chi connectivity index (χ2n) is 7.53. The van der Waals surface area contributed by atoms with Gasteiger partial charge in [-0.05, 0) is 44.9 Å². The van der Waals surface area contributed by atoms with Crippen molar-refractivity contribution in [3.63, 3.8) is 0 Å². The molecule has 0 radical (unpaired) electrons. The zero-order chi connectivity index (χ0) is 19.6. The van der Waals surface area contributed by atoms with Crippen LogP contribution in [0, 0.1) is 26.7 Å². The van der Waals surface area contributed by atoms with Crippen LogP contribution in [0.5, 0.6) is 0 Å². The van der Waals surface area contributed by atoms with Gasteiger partial charge in [-0.25, -0.2) is 0 Å². The van der Waals surface area contributed by atoms with Crippen molar-refractivity contribution in [2.24, 2.45) is 5.92 Å². The summed E-state index contributed by atoms with van der Waals surface area (Å²) in [5.41, 5.74) is 5.51. The molecule has 1 heterocycles. The number of benzene rings is 2. The Hall–Kier alpha value is -2.62. The van der Waals surface area contributed by atoms with Crippen molar-refractivity contribution in [1.82, 2.24) is 4.90 Å². The molecular formula is C23H28N2O2. The van der Waals surface area contributed by atoms with Gasteiger partial charge in [-0.2, -0.15) is 0 Å². The molecule has 2 aromatic carbocycles. The normalized spacial score (nSPS) is 16.7. The highest BCUT2D eigenvalue weighted by atomic mass is 16.2. The molecule has 1 aliphatic rings. The molecule has 0 aliphatic carbocycles. The first-order valence-corrected chi connectivity index (χ1v) is 9.61. The summed E-state index contributed by atoms with van der Waals surface area (Å²) in [6.45, 7) is 9.77. The van der Waals surface area contributed by atoms with Crippen LogP contribution in [-0.2, 0) is 16.1 Å². The van der Waals surface area contributed by atoms with Gasteiger partial charge in [-0.1, -0.05) is 47.5 Å². The van der Waals surface area contributed by atoms with Crippen LogP contribution >= 0.6 is 0 Å². The average Bonchev–Trinajstić information content (AvgIpc) is 3.00. The number of carbonyl (C=O) groups excluding carboxylic acids is 2. The maximum absolute atomic E-state index is 13.1. The fraction of sp³-hybridized carbons (Fsp3) is 0.391. The summed E-state index contributed by atoms with van der Waals surface area (Å²) in [5, 5.41) is 0. The molecule has 0 N–H and O–H groups in total. The smallest absolute Gasteiger partial charge is 0.232 e. The van der Waals surface area contributed by atoms with Crippen LogP contribution in [0.1, 0.15) is 35.6 Å². The topological polar surface area (TPSA) is 40.6 Å². The van der Waals surface area contributed by atoms with Gasteiger partial charge in [-0.15, -0.1) is 0 Å². The van der Waals surface area contributed by atoms with Crippen molar-refractivity contribution in [2.45, 2.75) is 40.7 Å². The van der Waals surface area contributed by atoms with Gasteiger partial charge in [0, 0.05) is 31.7 Å². The molecule has 4 nitrogen and oxygen atoms in total. The lowest BCUT2D eigenvalue weighted by atomic mass is 10.0. The van der Waals surface area contributed by atoms with Crippen LogP contribution in [0.15, 0.2) is 42.5 Å². The van der Waals surface area contributed by atoms with E-state index in [0.717, 1.165) is 16.8 Å². The lowest BCUT2D eigenvalue weighted by Gasteiger charge is -2.26. The Kier molecular flexibility index (Phi) is 5.64. The van der Waals surface area contributed by atoms with Gasteiger partial charge in [0.1, 0.15) is 0 Å². The number of nitrogens with zero attached hydrogens (tertiary/aromatic N) is 2. The van der Waals surface area contributed by atoms with Gasteiger partial charge in [0.25, 0.3) is 0 Å². The van der Waals surface area contributed by atoms with E-state index in [4.69, 9.17) is 0 Å². The molecule has 4 heteroatoms. The highest BCUT2D eigenvalue weighted by Gasteiger charge is 2.36. The van der Waals surface area contributed by atoms with Crippen molar-refractivity contribution >= 4 is 17.5 Å². The van der Waals surface area contributed by atoms with Gasteiger partial charge in [0.2, 0.25) is 11.8 Å². The number of hydrogen-bond acceptors (Lipinski definition) is 2. The number of rotatable bonds is 5. The quantitative estimate of drug-likeness (QED) is 0.804. The van der Waals surface area contributed by atoms with Crippen LogP contribution in [0.3, 0.4) is 0 Å². The molecular weight excluding hydrogens is 336 g/mol. The van der Waals surface area contributed by atoms with Crippen LogP contribution in [0.25, 0.3) is 0 Å². The Bertz CT molecular complexity index is 842. The number of aryl methyl sites for hydroxylation is 3. The summed E-state index contributed by atoms with van der Waals surface area (Å²) in [4.78, 5) is 29.3. The van der Waals surface area contributed by atoms with Crippen molar-refractivity contribution in [2.75, 3.05) is 18.0 Å². The molecule has 142 valence electrons. The fourth-order valence-corrected chi connectivity index (χ4v) is 3.78. The summed E-state index contributed by atoms with van der Waals surface area (Å²) in [6.07, 6.45) is 0.298. The summed E-state index contributed by atoms with van der Waals surface area (Å²) >= 11 is 0. The predicted molar refractivity (Wildman–Crippen MR) is 109 cm³/mol. The van der Waals surface area contributed by atoms with Crippen LogP contribution in [-0.4, -0.2) is 29.8 Å². The van der Waals surface area contributed by atoms with E-state index in [2.05, 4.69) is 18.2 Å². The Morgan fingerprint density at radius 3 is 2.37 bits per heavy atom. The van der Waals surface area contributed by atoms with Gasteiger partial charge < -0.3 is 9.80 Å². The maximum Gasteiger partial charge on any atom is 0.232 e. The van der Waals surface area contributed by atoms with E-state index in [0.29, 0.717) is 26.1 Å². The number of likely N-dealkylation sites (tertiary alicyclic amines) is 1. The Balaban J connectivity index is 1.72. The third-order valence-electron chi connectivity index (χ3n) is 5.28. The Morgan fingerprint density at radius 1 is 1.07 bits per heavy atom. The lowest BCUT2D eigenvalue weighted by molar-refractivity contribution is -0.128. The third kappa shape index (κ3) is 4.21. The number of carbonyl (C=O) groups is 2. The first-order valence-electron chi connectivity index (χ1n) is 9.61. The second kappa shape index (κ2) is 7.95. The van der Waals surface area contributed by atoms with Crippen molar-refractivity contribution in [3.05, 3.63) is 64.7 Å². The second-order valence-corrected chi connectivity index (χ2v) is 7.53. The highest BCUT2D eigenvalue weighted by molar-refractivity contribution is 5.99. The van der Waals surface area contributed by atoms with Crippen molar-refractivity contribution in [1.29, 1.82) is 0 Å². The first kappa shape index (κ1) is 19.2. The summed E-state index contributed by atoms with van der Waals surface area (Å²) in [6, 6.07) is 14.3. The van der Waals surface area contributed by atoms with Gasteiger partial charge in [0.05, 0.1) is 5.92 Å². The molecule has 1 atom stereocenters. The molecule has 0 spiro atoms. The highest BCUT2D eigenvalue weighted by Crippen LogP contribution is 2.27. The zero-order valence-electron chi connectivity index (χ0n) is 16.7. The van der Waals surface area contributed by atoms with E-state index < -0.39 is 0 Å². The minimum absolute atomic E-state index is 0.0456. The average molecular weight is 364 g/mol. The van der Waals surface area contributed by atoms with E-state index in [1.54, 1.807) is 0 Å². The van der Waals surface area contributed by atoms with Gasteiger partial charge >= 0.3 is 0 Å². The SMILES string of the molecule is CCN(C(=O)C1CC(=O)N(Cc2ccc(C)cc2)C1)c1ccc(C)cc1C. The Labute approximate surface area is 161 Å². The summed E-state index contributed by atoms with van der Waals surface area (Å²) in [5.74, 6) is -0.168. The molecule has 2 amide bonds. The summed E-state index contributed by atoms with van der Waals surface area (Å²) < 4.78 is 0. The molecule has 1 aliphatic heterocycles. The standard InChI is InChI=1S/C23H28N2O2/c1-5-25(21-11-8-17(3)12-18(21)4)23(27)20-13-22(26)24(15-20)14-19-9-6-16(2)7-10-19/h6-12,20H,5,13-15H2,1-4H3. The van der Waals surface area contributed by atoms with Crippen molar-refractivity contribution in [3.8, 4) is 0 Å².